The number of halogens is 1. The molecule has 3 aromatic carbocycles. The number of carbonyl (C=O) groups is 1. The zero-order chi connectivity index (χ0) is 23.2. The quantitative estimate of drug-likeness (QED) is 0.408. The Morgan fingerprint density at radius 2 is 1.85 bits per heavy atom. The molecule has 34 heavy (non-hydrogen) atoms. The SMILES string of the molecule is O=C1N=c2ccc(Cl)cc2=C1c1sc(=Nc2ccccc2)n(Cc2nc3ccccc3[nH]2)c1O. The Hall–Kier alpha value is -4.01. The molecule has 0 radical (unpaired) electrons. The molecule has 0 spiro atoms. The number of fused-ring (bicyclic) bond motifs is 2. The zero-order valence-corrected chi connectivity index (χ0v) is 19.1. The summed E-state index contributed by atoms with van der Waals surface area (Å²) >= 11 is 7.41. The third-order valence-corrected chi connectivity index (χ3v) is 6.82. The molecule has 0 atom stereocenters. The molecule has 7 nitrogen and oxygen atoms in total. The molecule has 2 N–H and O–H groups in total. The molecule has 2 aromatic heterocycles. The Balaban J connectivity index is 1.58. The molecule has 0 fully saturated rings. The third-order valence-electron chi connectivity index (χ3n) is 5.50. The van der Waals surface area contributed by atoms with Crippen molar-refractivity contribution in [3.05, 3.63) is 104 Å². The second-order valence-corrected chi connectivity index (χ2v) is 9.14. The first-order chi connectivity index (χ1) is 16.6. The van der Waals surface area contributed by atoms with Crippen molar-refractivity contribution in [3.8, 4) is 5.88 Å². The number of rotatable bonds is 4. The van der Waals surface area contributed by atoms with E-state index in [1.165, 1.54) is 11.3 Å². The summed E-state index contributed by atoms with van der Waals surface area (Å²) in [6, 6.07) is 22.2. The van der Waals surface area contributed by atoms with Gasteiger partial charge in [-0.05, 0) is 42.5 Å². The summed E-state index contributed by atoms with van der Waals surface area (Å²) in [4.78, 5) is 30.5. The predicted octanol–water partition coefficient (Wildman–Crippen LogP) is 3.42. The van der Waals surface area contributed by atoms with Crippen molar-refractivity contribution >= 4 is 51.1 Å². The van der Waals surface area contributed by atoms with Gasteiger partial charge in [-0.25, -0.2) is 15.0 Å². The lowest BCUT2D eigenvalue weighted by Gasteiger charge is -2.04. The molecule has 1 aliphatic heterocycles. The monoisotopic (exact) mass is 485 g/mol. The van der Waals surface area contributed by atoms with Crippen LogP contribution in [-0.2, 0) is 11.3 Å². The number of carbonyl (C=O) groups excluding carboxylic acids is 1. The highest BCUT2D eigenvalue weighted by atomic mass is 35.5. The normalized spacial score (nSPS) is 13.5. The van der Waals surface area contributed by atoms with E-state index in [0.717, 1.165) is 16.7 Å². The number of thiazole rings is 1. The molecule has 0 saturated heterocycles. The van der Waals surface area contributed by atoms with Crippen molar-refractivity contribution in [1.29, 1.82) is 0 Å². The van der Waals surface area contributed by atoms with Crippen LogP contribution in [0.5, 0.6) is 5.88 Å². The van der Waals surface area contributed by atoms with Crippen molar-refractivity contribution in [1.82, 2.24) is 14.5 Å². The predicted molar refractivity (Wildman–Crippen MR) is 131 cm³/mol. The second-order valence-electron chi connectivity index (χ2n) is 7.72. The minimum atomic E-state index is -0.420. The molecule has 6 rings (SSSR count). The van der Waals surface area contributed by atoms with E-state index < -0.39 is 5.91 Å². The van der Waals surface area contributed by atoms with Gasteiger partial charge in [-0.3, -0.25) is 9.36 Å². The molecule has 5 aromatic rings. The highest BCUT2D eigenvalue weighted by Crippen LogP contribution is 2.29. The van der Waals surface area contributed by atoms with Crippen molar-refractivity contribution in [2.75, 3.05) is 0 Å². The first-order valence-electron chi connectivity index (χ1n) is 10.5. The average molecular weight is 486 g/mol. The van der Waals surface area contributed by atoms with E-state index in [1.807, 2.05) is 54.6 Å². The molecule has 0 aliphatic carbocycles. The van der Waals surface area contributed by atoms with E-state index in [1.54, 1.807) is 22.8 Å². The maximum absolute atomic E-state index is 12.8. The Bertz CT molecular complexity index is 1750. The van der Waals surface area contributed by atoms with Crippen molar-refractivity contribution in [3.63, 3.8) is 0 Å². The van der Waals surface area contributed by atoms with E-state index in [4.69, 9.17) is 16.6 Å². The van der Waals surface area contributed by atoms with Crippen LogP contribution in [0.1, 0.15) is 10.7 Å². The molecular formula is C25H16ClN5O2S. The smallest absolute Gasteiger partial charge is 0.279 e. The largest absolute Gasteiger partial charge is 0.493 e. The first-order valence-corrected chi connectivity index (χ1v) is 11.7. The van der Waals surface area contributed by atoms with E-state index in [-0.39, 0.29) is 12.4 Å². The number of hydrogen-bond acceptors (Lipinski definition) is 5. The minimum absolute atomic E-state index is 0.0773. The number of aromatic nitrogens is 3. The van der Waals surface area contributed by atoms with E-state index >= 15 is 0 Å². The Labute approximate surface area is 201 Å². The van der Waals surface area contributed by atoms with Gasteiger partial charge in [0.2, 0.25) is 5.88 Å². The molecule has 9 heteroatoms. The van der Waals surface area contributed by atoms with E-state index in [9.17, 15) is 9.90 Å². The fourth-order valence-electron chi connectivity index (χ4n) is 3.94. The van der Waals surface area contributed by atoms with Crippen LogP contribution in [0.3, 0.4) is 0 Å². The highest BCUT2D eigenvalue weighted by molar-refractivity contribution is 7.11. The maximum atomic E-state index is 12.8. The lowest BCUT2D eigenvalue weighted by Crippen LogP contribution is -2.22. The standard InChI is InChI=1S/C25H16ClN5O2S/c26-14-10-11-17-16(12-14)21(23(32)30-17)22-24(33)31(25(34-22)27-15-6-2-1-3-7-15)13-20-28-18-8-4-5-9-19(18)29-20/h1-12,33H,13H2,(H,28,29). The molecule has 3 heterocycles. The van der Waals surface area contributed by atoms with Crippen LogP contribution in [0.2, 0.25) is 5.02 Å². The molecular weight excluding hydrogens is 470 g/mol. The minimum Gasteiger partial charge on any atom is -0.493 e. The molecule has 166 valence electrons. The molecule has 0 saturated carbocycles. The molecule has 0 unspecified atom stereocenters. The number of nitrogens with zero attached hydrogens (tertiary/aromatic N) is 4. The van der Waals surface area contributed by atoms with Gasteiger partial charge in [-0.2, -0.15) is 0 Å². The Morgan fingerprint density at radius 1 is 1.06 bits per heavy atom. The van der Waals surface area contributed by atoms with Gasteiger partial charge in [0.05, 0.1) is 34.2 Å². The van der Waals surface area contributed by atoms with Crippen LogP contribution in [0.15, 0.2) is 82.8 Å². The zero-order valence-electron chi connectivity index (χ0n) is 17.6. The van der Waals surface area contributed by atoms with Gasteiger partial charge in [0.15, 0.2) is 4.80 Å². The number of amides is 1. The van der Waals surface area contributed by atoms with Crippen LogP contribution in [-0.4, -0.2) is 25.5 Å². The number of imidazole rings is 1. The number of nitrogens with one attached hydrogen (secondary N) is 1. The van der Waals surface area contributed by atoms with Gasteiger partial charge in [-0.15, -0.1) is 0 Å². The first kappa shape index (κ1) is 20.6. The number of hydrogen-bond donors (Lipinski definition) is 2. The van der Waals surface area contributed by atoms with Gasteiger partial charge >= 0.3 is 0 Å². The fraction of sp³-hybridized carbons (Fsp3) is 0.0400. The van der Waals surface area contributed by atoms with Gasteiger partial charge in [0, 0.05) is 10.2 Å². The lowest BCUT2D eigenvalue weighted by molar-refractivity contribution is -0.112. The molecule has 1 aliphatic rings. The molecule has 1 amide bonds. The summed E-state index contributed by atoms with van der Waals surface area (Å²) < 4.78 is 1.65. The summed E-state index contributed by atoms with van der Waals surface area (Å²) in [7, 11) is 0. The topological polar surface area (TPSA) is 95.6 Å². The van der Waals surface area contributed by atoms with Gasteiger partial charge in [0.1, 0.15) is 10.7 Å². The second kappa shape index (κ2) is 8.09. The Kier molecular flexibility index (Phi) is 4.90. The van der Waals surface area contributed by atoms with Crippen molar-refractivity contribution < 1.29 is 9.90 Å². The van der Waals surface area contributed by atoms with Gasteiger partial charge < -0.3 is 10.1 Å². The third kappa shape index (κ3) is 3.53. The number of aromatic hydroxyl groups is 1. The summed E-state index contributed by atoms with van der Waals surface area (Å²) in [5.74, 6) is 0.161. The highest BCUT2D eigenvalue weighted by Gasteiger charge is 2.26. The van der Waals surface area contributed by atoms with Gasteiger partial charge in [0.25, 0.3) is 5.91 Å². The van der Waals surface area contributed by atoms with Crippen LogP contribution in [0.25, 0.3) is 16.6 Å². The maximum Gasteiger partial charge on any atom is 0.279 e. The molecule has 0 bridgehead atoms. The van der Waals surface area contributed by atoms with Crippen molar-refractivity contribution in [2.24, 2.45) is 9.98 Å². The summed E-state index contributed by atoms with van der Waals surface area (Å²) in [6.07, 6.45) is 0. The lowest BCUT2D eigenvalue weighted by atomic mass is 10.1. The number of benzene rings is 3. The summed E-state index contributed by atoms with van der Waals surface area (Å²) in [5, 5.41) is 12.9. The Morgan fingerprint density at radius 3 is 2.68 bits per heavy atom. The number of H-pyrrole nitrogens is 1. The van der Waals surface area contributed by atoms with Crippen molar-refractivity contribution in [2.45, 2.75) is 6.54 Å². The van der Waals surface area contributed by atoms with Gasteiger partial charge in [-0.1, -0.05) is 53.3 Å². The van der Waals surface area contributed by atoms with E-state index in [2.05, 4.69) is 15.0 Å². The van der Waals surface area contributed by atoms with Crippen LogP contribution >= 0.6 is 22.9 Å². The fourth-order valence-corrected chi connectivity index (χ4v) is 5.21. The van der Waals surface area contributed by atoms with Crippen LogP contribution < -0.4 is 15.4 Å². The number of para-hydroxylation sites is 3. The van der Waals surface area contributed by atoms with E-state index in [0.29, 0.717) is 36.7 Å². The number of aromatic amines is 1. The van der Waals surface area contributed by atoms with Crippen LogP contribution in [0.4, 0.5) is 5.69 Å². The average Bonchev–Trinajstić information content (AvgIpc) is 3.48. The van der Waals surface area contributed by atoms with Crippen LogP contribution in [0, 0.1) is 0 Å². The summed E-state index contributed by atoms with van der Waals surface area (Å²) in [5.41, 5.74) is 2.77. The summed E-state index contributed by atoms with van der Waals surface area (Å²) in [6.45, 7) is 0.240.